The average molecular weight is 428 g/mol. The van der Waals surface area contributed by atoms with Gasteiger partial charge in [0.15, 0.2) is 11.5 Å². The number of nitrogens with zero attached hydrogens (tertiary/aromatic N) is 3. The van der Waals surface area contributed by atoms with Crippen LogP contribution in [0.25, 0.3) is 0 Å². The second kappa shape index (κ2) is 8.64. The number of hydrogen-bond acceptors (Lipinski definition) is 5. The first-order valence-corrected chi connectivity index (χ1v) is 9.05. The number of ether oxygens (including phenoxy) is 2. The Morgan fingerprint density at radius 3 is 2.50 bits per heavy atom. The van der Waals surface area contributed by atoms with Crippen LogP contribution in [0.1, 0.15) is 5.56 Å². The highest BCUT2D eigenvalue weighted by atomic mass is 79.9. The Labute approximate surface area is 159 Å². The molecule has 5 nitrogen and oxygen atoms in total. The third kappa shape index (κ3) is 4.82. The molecule has 0 saturated carbocycles. The predicted octanol–water partition coefficient (Wildman–Crippen LogP) is 3.78. The molecule has 140 valence electrons. The van der Waals surface area contributed by atoms with Crippen LogP contribution in [-0.4, -0.2) is 49.8 Å². The van der Waals surface area contributed by atoms with E-state index >= 15 is 0 Å². The number of rotatable bonds is 6. The first-order chi connectivity index (χ1) is 12.5. The SMILES string of the molecule is COc1ccc(CN2CCN(c3ccc(Br)cn3)CC2)cc1OC(F)F. The minimum Gasteiger partial charge on any atom is -0.493 e. The van der Waals surface area contributed by atoms with E-state index in [-0.39, 0.29) is 5.75 Å². The quantitative estimate of drug-likeness (QED) is 0.701. The van der Waals surface area contributed by atoms with Crippen LogP contribution < -0.4 is 14.4 Å². The van der Waals surface area contributed by atoms with E-state index in [1.54, 1.807) is 18.3 Å². The lowest BCUT2D eigenvalue weighted by Gasteiger charge is -2.35. The number of pyridine rings is 1. The summed E-state index contributed by atoms with van der Waals surface area (Å²) < 4.78 is 35.7. The summed E-state index contributed by atoms with van der Waals surface area (Å²) in [6, 6.07) is 9.14. The van der Waals surface area contributed by atoms with Crippen molar-refractivity contribution < 1.29 is 18.3 Å². The molecule has 0 bridgehead atoms. The molecule has 1 aromatic carbocycles. The van der Waals surface area contributed by atoms with Crippen LogP contribution in [0.15, 0.2) is 41.0 Å². The Kier molecular flexibility index (Phi) is 6.26. The first kappa shape index (κ1) is 18.8. The van der Waals surface area contributed by atoms with Gasteiger partial charge in [-0.2, -0.15) is 8.78 Å². The number of methoxy groups -OCH3 is 1. The van der Waals surface area contributed by atoms with Gasteiger partial charge in [0.25, 0.3) is 0 Å². The lowest BCUT2D eigenvalue weighted by Crippen LogP contribution is -2.46. The molecule has 8 heteroatoms. The summed E-state index contributed by atoms with van der Waals surface area (Å²) in [5, 5.41) is 0. The molecule has 2 aromatic rings. The summed E-state index contributed by atoms with van der Waals surface area (Å²) in [6.45, 7) is 1.27. The molecule has 0 amide bonds. The maximum absolute atomic E-state index is 12.6. The molecule has 1 aliphatic heterocycles. The van der Waals surface area contributed by atoms with Crippen LogP contribution in [0.3, 0.4) is 0 Å². The fraction of sp³-hybridized carbons (Fsp3) is 0.389. The summed E-state index contributed by atoms with van der Waals surface area (Å²) in [5.41, 5.74) is 0.914. The van der Waals surface area contributed by atoms with E-state index in [4.69, 9.17) is 4.74 Å². The van der Waals surface area contributed by atoms with Gasteiger partial charge in [0, 0.05) is 43.4 Å². The van der Waals surface area contributed by atoms with Crippen molar-refractivity contribution in [2.24, 2.45) is 0 Å². The van der Waals surface area contributed by atoms with Crippen LogP contribution in [0.4, 0.5) is 14.6 Å². The van der Waals surface area contributed by atoms with E-state index < -0.39 is 6.61 Å². The highest BCUT2D eigenvalue weighted by Crippen LogP contribution is 2.30. The molecule has 2 heterocycles. The minimum absolute atomic E-state index is 0.0673. The van der Waals surface area contributed by atoms with E-state index in [0.717, 1.165) is 42.0 Å². The number of hydrogen-bond donors (Lipinski definition) is 0. The summed E-state index contributed by atoms with van der Waals surface area (Å²) in [5.74, 6) is 1.34. The number of benzene rings is 1. The zero-order valence-corrected chi connectivity index (χ0v) is 16.0. The van der Waals surface area contributed by atoms with E-state index in [2.05, 4.69) is 35.5 Å². The van der Waals surface area contributed by atoms with E-state index in [1.165, 1.54) is 7.11 Å². The van der Waals surface area contributed by atoms with E-state index in [9.17, 15) is 8.78 Å². The van der Waals surface area contributed by atoms with Crippen molar-refractivity contribution >= 4 is 21.7 Å². The third-order valence-corrected chi connectivity index (χ3v) is 4.73. The Morgan fingerprint density at radius 2 is 1.88 bits per heavy atom. The second-order valence-electron chi connectivity index (χ2n) is 5.96. The molecule has 0 N–H and O–H groups in total. The molecule has 1 aromatic heterocycles. The van der Waals surface area contributed by atoms with Crippen molar-refractivity contribution in [2.75, 3.05) is 38.2 Å². The first-order valence-electron chi connectivity index (χ1n) is 8.26. The highest BCUT2D eigenvalue weighted by molar-refractivity contribution is 9.10. The van der Waals surface area contributed by atoms with Crippen LogP contribution in [-0.2, 0) is 6.54 Å². The fourth-order valence-electron chi connectivity index (χ4n) is 2.96. The normalized spacial score (nSPS) is 15.3. The standard InChI is InChI=1S/C18H20BrF2N3O2/c1-25-15-4-2-13(10-16(15)26-18(20)21)12-23-6-8-24(9-7-23)17-5-3-14(19)11-22-17/h2-5,10-11,18H,6-9,12H2,1H3. The molecule has 0 unspecified atom stereocenters. The molecule has 0 radical (unpaired) electrons. The molecular weight excluding hydrogens is 408 g/mol. The average Bonchev–Trinajstić information content (AvgIpc) is 2.63. The summed E-state index contributed by atoms with van der Waals surface area (Å²) in [6.07, 6.45) is 1.80. The van der Waals surface area contributed by atoms with Gasteiger partial charge in [-0.3, -0.25) is 4.90 Å². The molecule has 0 aliphatic carbocycles. The van der Waals surface area contributed by atoms with E-state index in [1.807, 2.05) is 18.2 Å². The number of halogens is 3. The van der Waals surface area contributed by atoms with Crippen molar-refractivity contribution in [3.8, 4) is 11.5 Å². The largest absolute Gasteiger partial charge is 0.493 e. The summed E-state index contributed by atoms with van der Waals surface area (Å²) in [4.78, 5) is 8.95. The van der Waals surface area contributed by atoms with Gasteiger partial charge < -0.3 is 14.4 Å². The molecule has 1 saturated heterocycles. The van der Waals surface area contributed by atoms with Gasteiger partial charge in [-0.25, -0.2) is 4.98 Å². The van der Waals surface area contributed by atoms with Gasteiger partial charge in [0.2, 0.25) is 0 Å². The zero-order valence-electron chi connectivity index (χ0n) is 14.4. The van der Waals surface area contributed by atoms with Gasteiger partial charge in [0.05, 0.1) is 7.11 Å². The van der Waals surface area contributed by atoms with Gasteiger partial charge in [-0.15, -0.1) is 0 Å². The van der Waals surface area contributed by atoms with Crippen molar-refractivity contribution in [1.29, 1.82) is 0 Å². The smallest absolute Gasteiger partial charge is 0.387 e. The monoisotopic (exact) mass is 427 g/mol. The van der Waals surface area contributed by atoms with Gasteiger partial charge in [-0.05, 0) is 45.8 Å². The van der Waals surface area contributed by atoms with E-state index in [0.29, 0.717) is 12.3 Å². The van der Waals surface area contributed by atoms with Crippen molar-refractivity contribution in [3.63, 3.8) is 0 Å². The Hall–Kier alpha value is -1.93. The maximum Gasteiger partial charge on any atom is 0.387 e. The maximum atomic E-state index is 12.6. The minimum atomic E-state index is -2.87. The van der Waals surface area contributed by atoms with Crippen LogP contribution in [0, 0.1) is 0 Å². The fourth-order valence-corrected chi connectivity index (χ4v) is 3.19. The van der Waals surface area contributed by atoms with Gasteiger partial charge >= 0.3 is 6.61 Å². The number of alkyl halides is 2. The number of aromatic nitrogens is 1. The molecule has 3 rings (SSSR count). The summed E-state index contributed by atoms with van der Waals surface area (Å²) in [7, 11) is 1.43. The molecule has 1 fully saturated rings. The molecule has 1 aliphatic rings. The molecular formula is C18H20BrF2N3O2. The number of piperazine rings is 1. The Balaban J connectivity index is 1.59. The van der Waals surface area contributed by atoms with Crippen LogP contribution in [0.5, 0.6) is 11.5 Å². The van der Waals surface area contributed by atoms with Gasteiger partial charge in [-0.1, -0.05) is 6.07 Å². The second-order valence-corrected chi connectivity index (χ2v) is 6.88. The van der Waals surface area contributed by atoms with Gasteiger partial charge in [0.1, 0.15) is 5.82 Å². The molecule has 26 heavy (non-hydrogen) atoms. The zero-order chi connectivity index (χ0) is 18.5. The Bertz CT molecular complexity index is 723. The lowest BCUT2D eigenvalue weighted by atomic mass is 10.1. The predicted molar refractivity (Wildman–Crippen MR) is 99.1 cm³/mol. The molecule has 0 atom stereocenters. The Morgan fingerprint density at radius 1 is 1.12 bits per heavy atom. The number of anilines is 1. The summed E-state index contributed by atoms with van der Waals surface area (Å²) >= 11 is 3.39. The van der Waals surface area contributed by atoms with Crippen LogP contribution >= 0.6 is 15.9 Å². The topological polar surface area (TPSA) is 37.8 Å². The molecule has 0 spiro atoms. The lowest BCUT2D eigenvalue weighted by molar-refractivity contribution is -0.0512. The van der Waals surface area contributed by atoms with Crippen LogP contribution in [0.2, 0.25) is 0 Å². The van der Waals surface area contributed by atoms with Crippen molar-refractivity contribution in [1.82, 2.24) is 9.88 Å². The third-order valence-electron chi connectivity index (χ3n) is 4.26. The van der Waals surface area contributed by atoms with Crippen molar-refractivity contribution in [3.05, 3.63) is 46.6 Å². The van der Waals surface area contributed by atoms with Crippen molar-refractivity contribution in [2.45, 2.75) is 13.2 Å². The highest BCUT2D eigenvalue weighted by Gasteiger charge is 2.19.